The van der Waals surface area contributed by atoms with E-state index in [1.165, 1.54) is 33.4 Å². The molecule has 0 atom stereocenters. The Hall–Kier alpha value is -5.86. The van der Waals surface area contributed by atoms with Crippen LogP contribution in [0, 0.1) is 5.41 Å². The molecular weight excluding hydrogens is 619 g/mol. The van der Waals surface area contributed by atoms with Crippen LogP contribution in [-0.2, 0) is 0 Å². The summed E-state index contributed by atoms with van der Waals surface area (Å²) in [6, 6.07) is 42.8. The summed E-state index contributed by atoms with van der Waals surface area (Å²) in [5.41, 5.74) is 14.5. The molecule has 1 aliphatic rings. The molecule has 2 heteroatoms. The number of furan rings is 1. The molecule has 2 nitrogen and oxygen atoms in total. The molecule has 1 aromatic heterocycles. The Kier molecular flexibility index (Phi) is 9.34. The van der Waals surface area contributed by atoms with E-state index in [0.29, 0.717) is 0 Å². The summed E-state index contributed by atoms with van der Waals surface area (Å²) in [4.78, 5) is 2.32. The summed E-state index contributed by atoms with van der Waals surface area (Å²) >= 11 is 0. The zero-order valence-electron chi connectivity index (χ0n) is 30.1. The van der Waals surface area contributed by atoms with Gasteiger partial charge in [-0.1, -0.05) is 150 Å². The third-order valence-corrected chi connectivity index (χ3v) is 10.2. The molecule has 5 aromatic carbocycles. The third-order valence-electron chi connectivity index (χ3n) is 10.2. The second-order valence-electron chi connectivity index (χ2n) is 13.6. The van der Waals surface area contributed by atoms with Crippen molar-refractivity contribution >= 4 is 33.3 Å². The van der Waals surface area contributed by atoms with Crippen molar-refractivity contribution in [1.29, 1.82) is 0 Å². The van der Waals surface area contributed by atoms with E-state index in [0.717, 1.165) is 63.0 Å². The highest BCUT2D eigenvalue weighted by Gasteiger charge is 2.36. The number of fused-ring (bicyclic) bond motifs is 3. The summed E-state index contributed by atoms with van der Waals surface area (Å²) in [5.74, 6) is 0. The van der Waals surface area contributed by atoms with E-state index < -0.39 is 0 Å². The Morgan fingerprint density at radius 3 is 1.96 bits per heavy atom. The van der Waals surface area contributed by atoms with Crippen molar-refractivity contribution in [3.63, 3.8) is 0 Å². The first-order valence-electron chi connectivity index (χ1n) is 18.0. The molecule has 0 aliphatic heterocycles. The fourth-order valence-electron chi connectivity index (χ4n) is 7.59. The van der Waals surface area contributed by atoms with E-state index in [-0.39, 0.29) is 5.41 Å². The van der Waals surface area contributed by atoms with Crippen LogP contribution < -0.4 is 4.90 Å². The van der Waals surface area contributed by atoms with Crippen molar-refractivity contribution in [3.05, 3.63) is 193 Å². The van der Waals surface area contributed by atoms with Gasteiger partial charge in [-0.2, -0.15) is 0 Å². The molecule has 0 spiro atoms. The van der Waals surface area contributed by atoms with Gasteiger partial charge in [0.2, 0.25) is 0 Å². The van der Waals surface area contributed by atoms with Gasteiger partial charge in [0.15, 0.2) is 0 Å². The highest BCUT2D eigenvalue weighted by atomic mass is 16.3. The van der Waals surface area contributed by atoms with Crippen molar-refractivity contribution in [3.8, 4) is 22.3 Å². The smallest absolute Gasteiger partial charge is 0.143 e. The Labute approximate surface area is 302 Å². The van der Waals surface area contributed by atoms with E-state index in [4.69, 9.17) is 4.42 Å². The summed E-state index contributed by atoms with van der Waals surface area (Å²) in [6.07, 6.45) is 12.8. The molecule has 51 heavy (non-hydrogen) atoms. The average Bonchev–Trinajstić information content (AvgIpc) is 3.65. The number of para-hydroxylation sites is 2. The second-order valence-corrected chi connectivity index (χ2v) is 13.6. The van der Waals surface area contributed by atoms with Gasteiger partial charge in [-0.3, -0.25) is 0 Å². The summed E-state index contributed by atoms with van der Waals surface area (Å²) < 4.78 is 6.40. The fraction of sp³-hybridized carbons (Fsp3) is 0.143. The lowest BCUT2D eigenvalue weighted by atomic mass is 9.79. The van der Waals surface area contributed by atoms with E-state index in [2.05, 4.69) is 173 Å². The van der Waals surface area contributed by atoms with Crippen LogP contribution in [0.3, 0.4) is 0 Å². The number of nitrogens with zero attached hydrogens (tertiary/aromatic N) is 1. The number of hydrogen-bond donors (Lipinski definition) is 0. The van der Waals surface area contributed by atoms with Crippen LogP contribution in [0.15, 0.2) is 197 Å². The topological polar surface area (TPSA) is 16.4 Å². The molecule has 252 valence electrons. The molecule has 0 fully saturated rings. The van der Waals surface area contributed by atoms with Crippen LogP contribution in [0.25, 0.3) is 44.2 Å². The van der Waals surface area contributed by atoms with Crippen LogP contribution in [0.5, 0.6) is 0 Å². The molecule has 1 aliphatic carbocycles. The number of anilines is 2. The highest BCUT2D eigenvalue weighted by molar-refractivity contribution is 6.09. The predicted octanol–water partition coefficient (Wildman–Crippen LogP) is 14.3. The minimum atomic E-state index is -0.202. The molecule has 0 saturated heterocycles. The molecule has 7 rings (SSSR count). The first-order valence-corrected chi connectivity index (χ1v) is 18.0. The lowest BCUT2D eigenvalue weighted by molar-refractivity contribution is 0.573. The number of benzene rings is 5. The highest BCUT2D eigenvalue weighted by Crippen LogP contribution is 2.50. The molecule has 0 bridgehead atoms. The van der Waals surface area contributed by atoms with E-state index in [9.17, 15) is 0 Å². The molecule has 1 heterocycles. The maximum Gasteiger partial charge on any atom is 0.143 e. The number of rotatable bonds is 11. The fourth-order valence-corrected chi connectivity index (χ4v) is 7.59. The van der Waals surface area contributed by atoms with Crippen molar-refractivity contribution in [2.24, 2.45) is 5.41 Å². The Morgan fingerprint density at radius 2 is 1.31 bits per heavy atom. The third kappa shape index (κ3) is 6.12. The average molecular weight is 664 g/mol. The summed E-state index contributed by atoms with van der Waals surface area (Å²) in [6.45, 7) is 17.7. The van der Waals surface area contributed by atoms with Gasteiger partial charge < -0.3 is 9.32 Å². The Morgan fingerprint density at radius 1 is 0.686 bits per heavy atom. The molecular formula is C49H45NO. The van der Waals surface area contributed by atoms with Gasteiger partial charge in [0.1, 0.15) is 11.2 Å². The predicted molar refractivity (Wildman–Crippen MR) is 219 cm³/mol. The SMILES string of the molecule is C=CC1=C(/C=C\CC)C(C)(C)C(/C=C(\C=C)N(c2ccc(-c3ccccc3)cc2)c2ccc(-c3cccc4c3oc3ccccc34)cc2)=C1CC. The minimum Gasteiger partial charge on any atom is -0.455 e. The quantitative estimate of drug-likeness (QED) is 0.128. The monoisotopic (exact) mass is 663 g/mol. The molecule has 0 N–H and O–H groups in total. The van der Waals surface area contributed by atoms with Crippen molar-refractivity contribution in [2.45, 2.75) is 40.5 Å². The van der Waals surface area contributed by atoms with Crippen molar-refractivity contribution < 1.29 is 4.42 Å². The number of hydrogen-bond acceptors (Lipinski definition) is 2. The van der Waals surface area contributed by atoms with Crippen LogP contribution in [0.4, 0.5) is 11.4 Å². The van der Waals surface area contributed by atoms with Crippen molar-refractivity contribution in [1.82, 2.24) is 0 Å². The summed E-state index contributed by atoms with van der Waals surface area (Å²) in [5, 5.41) is 2.26. The van der Waals surface area contributed by atoms with Gasteiger partial charge in [0, 0.05) is 38.8 Å². The van der Waals surface area contributed by atoms with Crippen LogP contribution in [0.2, 0.25) is 0 Å². The first-order chi connectivity index (χ1) is 24.9. The standard InChI is InChI=1S/C49H45NO/c1-7-11-23-45-40(9-3)41(10-4)46(49(45,5)6)33-37(8-2)50(38-29-25-35(26-30-38)34-18-13-12-14-19-34)39-31-27-36(28-32-39)42-21-17-22-44-43-20-15-16-24-47(43)51-48(42)44/h8-9,11-33H,2-3,7,10H2,1,4-6H3/b23-11-,37-33+. The van der Waals surface area contributed by atoms with E-state index in [1.807, 2.05) is 24.3 Å². The van der Waals surface area contributed by atoms with Gasteiger partial charge in [0.05, 0.1) is 0 Å². The van der Waals surface area contributed by atoms with E-state index >= 15 is 0 Å². The largest absolute Gasteiger partial charge is 0.455 e. The van der Waals surface area contributed by atoms with Crippen LogP contribution in [0.1, 0.15) is 40.5 Å². The lowest BCUT2D eigenvalue weighted by Crippen LogP contribution is -2.18. The van der Waals surface area contributed by atoms with Gasteiger partial charge in [-0.25, -0.2) is 0 Å². The van der Waals surface area contributed by atoms with E-state index in [1.54, 1.807) is 0 Å². The maximum absolute atomic E-state index is 6.40. The normalized spacial score (nSPS) is 14.6. The molecule has 0 radical (unpaired) electrons. The zero-order valence-corrected chi connectivity index (χ0v) is 30.1. The Balaban J connectivity index is 1.35. The first kappa shape index (κ1) is 33.6. The van der Waals surface area contributed by atoms with Crippen LogP contribution >= 0.6 is 0 Å². The van der Waals surface area contributed by atoms with Gasteiger partial charge in [-0.05, 0) is 94.3 Å². The molecule has 0 saturated carbocycles. The summed E-state index contributed by atoms with van der Waals surface area (Å²) in [7, 11) is 0. The van der Waals surface area contributed by atoms with Gasteiger partial charge in [0.25, 0.3) is 0 Å². The number of allylic oxidation sites excluding steroid dienone is 9. The van der Waals surface area contributed by atoms with Gasteiger partial charge >= 0.3 is 0 Å². The van der Waals surface area contributed by atoms with Crippen molar-refractivity contribution in [2.75, 3.05) is 4.90 Å². The van der Waals surface area contributed by atoms with Crippen LogP contribution in [-0.4, -0.2) is 0 Å². The molecule has 0 unspecified atom stereocenters. The Bertz CT molecular complexity index is 2360. The minimum absolute atomic E-state index is 0.202. The maximum atomic E-state index is 6.40. The van der Waals surface area contributed by atoms with Gasteiger partial charge in [-0.15, -0.1) is 0 Å². The zero-order chi connectivity index (χ0) is 35.5. The lowest BCUT2D eigenvalue weighted by Gasteiger charge is -2.30. The second kappa shape index (κ2) is 14.2. The molecule has 6 aromatic rings. The molecule has 0 amide bonds.